The van der Waals surface area contributed by atoms with E-state index in [-0.39, 0.29) is 84.6 Å². The number of thiocarbonyl (C=S) groups is 1. The monoisotopic (exact) mass is 1530 g/mol. The van der Waals surface area contributed by atoms with Crippen LogP contribution in [0.2, 0.25) is 0 Å². The zero-order valence-electron chi connectivity index (χ0n) is 49.1. The van der Waals surface area contributed by atoms with E-state index in [0.717, 1.165) is 49.6 Å². The second-order valence-corrected chi connectivity index (χ2v) is 25.6. The number of halogens is 2. The number of amides is 6. The van der Waals surface area contributed by atoms with Crippen molar-refractivity contribution in [3.63, 3.8) is 0 Å². The molecular formula is C66H67BI2N5O13S4. The topological polar surface area (TPSA) is 229 Å². The quantitative estimate of drug-likeness (QED) is 0.0229. The first kappa shape index (κ1) is 74.8. The van der Waals surface area contributed by atoms with E-state index in [1.165, 1.54) is 33.6 Å². The number of anilines is 4. The highest BCUT2D eigenvalue weighted by Gasteiger charge is 2.36. The number of hydrogen-bond donors (Lipinski definition) is 2. The Labute approximate surface area is 576 Å². The summed E-state index contributed by atoms with van der Waals surface area (Å²) in [5.41, 5.74) is 13.4. The molecule has 18 nitrogen and oxygen atoms in total. The molecule has 91 heavy (non-hydrogen) atoms. The van der Waals surface area contributed by atoms with E-state index < -0.39 is 53.4 Å². The highest BCUT2D eigenvalue weighted by atomic mass is 127. The Kier molecular flexibility index (Phi) is 30.9. The Hall–Kier alpha value is -6.89. The van der Waals surface area contributed by atoms with Crippen LogP contribution in [-0.2, 0) is 65.9 Å². The van der Waals surface area contributed by atoms with Crippen LogP contribution in [0.25, 0.3) is 5.57 Å². The number of thioether (sulfide) groups is 3. The van der Waals surface area contributed by atoms with Gasteiger partial charge in [0, 0.05) is 118 Å². The van der Waals surface area contributed by atoms with E-state index in [9.17, 15) is 43.2 Å². The van der Waals surface area contributed by atoms with Crippen molar-refractivity contribution < 1.29 is 63.1 Å². The van der Waals surface area contributed by atoms with Gasteiger partial charge in [0.25, 0.3) is 35.4 Å². The SMILES string of the molecule is C.CSC(=S)C1c2ccccc2N(Cc2ccccc2)c2ccccc21.CSC(SCCC(=O)ON1C(=O)CCC1=O)=C1c2ccccc2N(Cc2ccccc2)c2ccccc21.O=C(CCI)ON1C(=O)CCC1=O.O=C(O)CCI.O=C1CCC(=O)N1O.[B]. The van der Waals surface area contributed by atoms with Crippen LogP contribution in [0.3, 0.4) is 0 Å². The molecule has 6 aromatic rings. The number of fused-ring (bicyclic) bond motifs is 4. The first-order valence-electron chi connectivity index (χ1n) is 28.0. The molecule has 5 heterocycles. The van der Waals surface area contributed by atoms with Crippen molar-refractivity contribution in [3.8, 4) is 0 Å². The number of benzene rings is 6. The number of carbonyl (C=O) groups excluding carboxylic acids is 8. The summed E-state index contributed by atoms with van der Waals surface area (Å²) in [4.78, 5) is 113. The molecule has 0 bridgehead atoms. The third-order valence-corrected chi connectivity index (χ3v) is 18.5. The van der Waals surface area contributed by atoms with E-state index in [0.29, 0.717) is 24.7 Å². The zero-order chi connectivity index (χ0) is 64.0. The number of carboxylic acids is 1. The number of carbonyl (C=O) groups is 9. The summed E-state index contributed by atoms with van der Waals surface area (Å²) in [5, 5.41) is 17.6. The van der Waals surface area contributed by atoms with Crippen molar-refractivity contribution in [1.29, 1.82) is 0 Å². The first-order valence-corrected chi connectivity index (χ1v) is 34.9. The molecule has 0 spiro atoms. The summed E-state index contributed by atoms with van der Waals surface area (Å²) in [6.45, 7) is 1.61. The predicted molar refractivity (Wildman–Crippen MR) is 379 cm³/mol. The van der Waals surface area contributed by atoms with Crippen LogP contribution in [-0.4, -0.2) is 119 Å². The number of rotatable bonds is 16. The molecule has 2 N–H and O–H groups in total. The molecule has 25 heteroatoms. The van der Waals surface area contributed by atoms with Crippen molar-refractivity contribution in [2.24, 2.45) is 0 Å². The summed E-state index contributed by atoms with van der Waals surface area (Å²) < 4.78 is 3.43. The second kappa shape index (κ2) is 37.6. The average Bonchev–Trinajstić information content (AvgIpc) is 1.24. The number of aliphatic carboxylic acids is 1. The molecule has 0 aromatic heterocycles. The summed E-state index contributed by atoms with van der Waals surface area (Å²) >= 11 is 14.7. The maximum atomic E-state index is 12.3. The molecule has 11 rings (SSSR count). The molecule has 5 aliphatic rings. The molecule has 6 aromatic carbocycles. The lowest BCUT2D eigenvalue weighted by molar-refractivity contribution is -0.197. The summed E-state index contributed by atoms with van der Waals surface area (Å²) in [6.07, 6.45) is 5.42. The minimum Gasteiger partial charge on any atom is -0.481 e. The fourth-order valence-electron chi connectivity index (χ4n) is 9.63. The van der Waals surface area contributed by atoms with Gasteiger partial charge in [0.15, 0.2) is 0 Å². The summed E-state index contributed by atoms with van der Waals surface area (Å²) in [7, 11) is 0. The molecule has 475 valence electrons. The van der Waals surface area contributed by atoms with E-state index in [2.05, 4.69) is 173 Å². The van der Waals surface area contributed by atoms with Crippen LogP contribution in [0.1, 0.15) is 105 Å². The van der Waals surface area contributed by atoms with Crippen LogP contribution < -0.4 is 9.80 Å². The largest absolute Gasteiger partial charge is 0.481 e. The van der Waals surface area contributed by atoms with Gasteiger partial charge in [-0.25, -0.2) is 9.59 Å². The molecule has 0 saturated carbocycles. The number of nitrogens with zero attached hydrogens (tertiary/aromatic N) is 5. The standard InChI is InChI=1S/C29H26N2O4S2.C22H19NS2.C7H8INO4.C4H5NO3.C3H5IO2.CH4.B/c1-36-29(37-18-17-27(34)35-31-25(32)15-16-26(31)33)28-21-11-5-7-13-23(21)30(19-20-9-3-2-4-10-20)24-14-8-6-12-22(24)28;1-25-22(24)21-17-11-5-7-13-19(17)23(15-16-9-3-2-4-10-16)20-14-8-6-12-18(20)21;8-4-3-7(12)13-9-5(10)1-2-6(9)11;6-3-1-2-4(7)5(3)8;4-2-1-3(5)6;;/h2-14H,15-19H2,1H3;2-14,21H,15H2,1H3;1-4H2;8H,1-2H2;1-2H2,(H,5,6);1H4;. The minimum atomic E-state index is -0.718. The molecule has 3 fully saturated rings. The third kappa shape index (κ3) is 20.3. The van der Waals surface area contributed by atoms with E-state index >= 15 is 0 Å². The highest BCUT2D eigenvalue weighted by Crippen LogP contribution is 2.51. The van der Waals surface area contributed by atoms with Crippen molar-refractivity contribution in [1.82, 2.24) is 15.2 Å². The van der Waals surface area contributed by atoms with Crippen molar-refractivity contribution in [2.45, 2.75) is 84.2 Å². The van der Waals surface area contributed by atoms with Crippen LogP contribution in [0.4, 0.5) is 22.7 Å². The van der Waals surface area contributed by atoms with Crippen molar-refractivity contribution in [3.05, 3.63) is 195 Å². The Bertz CT molecular complexity index is 3460. The van der Waals surface area contributed by atoms with Crippen LogP contribution in [0, 0.1) is 0 Å². The fourth-order valence-corrected chi connectivity index (χ4v) is 13.2. The molecule has 5 aliphatic heterocycles. The first-order chi connectivity index (χ1) is 43.0. The normalized spacial score (nSPS) is 14.2. The Morgan fingerprint density at radius 1 is 0.516 bits per heavy atom. The number of hydrogen-bond acceptors (Lipinski definition) is 18. The van der Waals surface area contributed by atoms with Gasteiger partial charge < -0.3 is 24.6 Å². The molecular weight excluding hydrogens is 1460 g/mol. The lowest BCUT2D eigenvalue weighted by atomic mass is 9.86. The van der Waals surface area contributed by atoms with E-state index in [1.807, 2.05) is 57.5 Å². The van der Waals surface area contributed by atoms with Crippen molar-refractivity contribution >= 4 is 187 Å². The van der Waals surface area contributed by atoms with Gasteiger partial charge in [-0.2, -0.15) is 5.06 Å². The van der Waals surface area contributed by atoms with E-state index in [4.69, 9.17) is 27.4 Å². The maximum Gasteiger partial charge on any atom is 0.334 e. The molecule has 0 unspecified atom stereocenters. The van der Waals surface area contributed by atoms with Gasteiger partial charge in [0.2, 0.25) is 0 Å². The number of para-hydroxylation sites is 4. The Morgan fingerprint density at radius 3 is 1.24 bits per heavy atom. The van der Waals surface area contributed by atoms with Crippen molar-refractivity contribution in [2.75, 3.05) is 36.9 Å². The average molecular weight is 1530 g/mol. The molecule has 0 aliphatic carbocycles. The summed E-state index contributed by atoms with van der Waals surface area (Å²) in [5.74, 6) is -4.02. The Morgan fingerprint density at radius 2 is 0.879 bits per heavy atom. The van der Waals surface area contributed by atoms with Crippen LogP contribution in [0.5, 0.6) is 0 Å². The molecule has 6 amide bonds. The van der Waals surface area contributed by atoms with Gasteiger partial charge >= 0.3 is 17.9 Å². The van der Waals surface area contributed by atoms with Gasteiger partial charge in [0.05, 0.1) is 29.4 Å². The number of alkyl halides is 2. The second-order valence-electron chi connectivity index (χ2n) is 19.7. The Balaban J connectivity index is 0.000000238. The van der Waals surface area contributed by atoms with Gasteiger partial charge in [0.1, 0.15) is 0 Å². The molecule has 3 saturated heterocycles. The van der Waals surface area contributed by atoms with Gasteiger partial charge in [-0.15, -0.1) is 45.4 Å². The highest BCUT2D eigenvalue weighted by molar-refractivity contribution is 14.1. The summed E-state index contributed by atoms with van der Waals surface area (Å²) in [6, 6.07) is 55.2. The van der Waals surface area contributed by atoms with E-state index in [1.54, 1.807) is 35.3 Å². The van der Waals surface area contributed by atoms with Gasteiger partial charge in [-0.3, -0.25) is 38.8 Å². The zero-order valence-corrected chi connectivity index (χ0v) is 56.7. The predicted octanol–water partition coefficient (Wildman–Crippen LogP) is 13.4. The molecule has 0 atom stereocenters. The number of carboxylic acid groups (broad SMARTS) is 1. The smallest absolute Gasteiger partial charge is 0.334 e. The lowest BCUT2D eigenvalue weighted by Crippen LogP contribution is -2.32. The third-order valence-electron chi connectivity index (χ3n) is 13.8. The number of hydroxylamine groups is 6. The van der Waals surface area contributed by atoms with Gasteiger partial charge in [-0.05, 0) is 59.0 Å². The fraction of sp³-hybridized carbons (Fsp3) is 0.273. The van der Waals surface area contributed by atoms with Gasteiger partial charge in [-0.1, -0.05) is 198 Å². The van der Waals surface area contributed by atoms with Crippen LogP contribution >= 0.6 is 92.7 Å². The van der Waals surface area contributed by atoms with Crippen LogP contribution in [0.15, 0.2) is 162 Å². The number of imide groups is 3. The maximum absolute atomic E-state index is 12.3. The molecule has 3 radical (unpaired) electrons. The minimum absolute atomic E-state index is 0. The lowest BCUT2D eigenvalue weighted by Gasteiger charge is -2.37.